The number of fused-ring (bicyclic) bond motifs is 2. The van der Waals surface area contributed by atoms with Crippen molar-refractivity contribution in [1.29, 1.82) is 0 Å². The average molecular weight is 365 g/mol. The van der Waals surface area contributed by atoms with E-state index in [1.54, 1.807) is 4.31 Å². The molecule has 3 heterocycles. The highest BCUT2D eigenvalue weighted by molar-refractivity contribution is 7.89. The van der Waals surface area contributed by atoms with Crippen LogP contribution in [0.1, 0.15) is 55.2 Å². The van der Waals surface area contributed by atoms with Gasteiger partial charge in [0.1, 0.15) is 11.5 Å². The Hall–Kier alpha value is -1.27. The molecule has 5 nitrogen and oxygen atoms in total. The summed E-state index contributed by atoms with van der Waals surface area (Å²) in [6.07, 6.45) is 5.29. The predicted molar refractivity (Wildman–Crippen MR) is 97.1 cm³/mol. The lowest BCUT2D eigenvalue weighted by Crippen LogP contribution is -2.39. The first-order valence-corrected chi connectivity index (χ1v) is 11.1. The maximum Gasteiger partial charge on any atom is 0.214 e. The zero-order chi connectivity index (χ0) is 17.4. The van der Waals surface area contributed by atoms with Gasteiger partial charge in [-0.15, -0.1) is 0 Å². The lowest BCUT2D eigenvalue weighted by molar-refractivity contribution is 0.307. The number of unbranched alkanes of at least 4 members (excludes halogenated alkanes) is 1. The van der Waals surface area contributed by atoms with E-state index >= 15 is 0 Å². The Bertz CT molecular complexity index is 719. The third kappa shape index (κ3) is 3.14. The first-order chi connectivity index (χ1) is 12.1. The average Bonchev–Trinajstić information content (AvgIpc) is 3.26. The van der Waals surface area contributed by atoms with Gasteiger partial charge < -0.3 is 9.47 Å². The van der Waals surface area contributed by atoms with Crippen molar-refractivity contribution in [3.8, 4) is 11.5 Å². The van der Waals surface area contributed by atoms with Crippen molar-refractivity contribution in [1.82, 2.24) is 4.31 Å². The van der Waals surface area contributed by atoms with Crippen molar-refractivity contribution in [2.24, 2.45) is 0 Å². The first kappa shape index (κ1) is 17.2. The smallest absolute Gasteiger partial charge is 0.214 e. The van der Waals surface area contributed by atoms with Gasteiger partial charge in [-0.2, -0.15) is 0 Å². The first-order valence-electron chi connectivity index (χ1n) is 9.52. The molecule has 3 aliphatic rings. The molecular formula is C19H27NO4S. The highest BCUT2D eigenvalue weighted by atomic mass is 32.2. The molecule has 4 rings (SSSR count). The van der Waals surface area contributed by atoms with E-state index in [9.17, 15) is 8.42 Å². The number of sulfonamides is 1. The van der Waals surface area contributed by atoms with Gasteiger partial charge >= 0.3 is 0 Å². The van der Waals surface area contributed by atoms with E-state index < -0.39 is 10.0 Å². The summed E-state index contributed by atoms with van der Waals surface area (Å²) in [5.41, 5.74) is 3.87. The topological polar surface area (TPSA) is 55.8 Å². The third-order valence-corrected chi connectivity index (χ3v) is 7.66. The van der Waals surface area contributed by atoms with Gasteiger partial charge in [-0.25, -0.2) is 12.7 Å². The Balaban J connectivity index is 1.54. The van der Waals surface area contributed by atoms with Crippen LogP contribution in [0.2, 0.25) is 0 Å². The predicted octanol–water partition coefficient (Wildman–Crippen LogP) is 2.87. The van der Waals surface area contributed by atoms with Gasteiger partial charge in [0, 0.05) is 42.6 Å². The van der Waals surface area contributed by atoms with Gasteiger partial charge in [0.15, 0.2) is 0 Å². The molecule has 138 valence electrons. The zero-order valence-electron chi connectivity index (χ0n) is 14.9. The minimum atomic E-state index is -3.10. The summed E-state index contributed by atoms with van der Waals surface area (Å²) in [6, 6.07) is 2.15. The normalized spacial score (nSPS) is 20.8. The molecule has 0 aromatic heterocycles. The van der Waals surface area contributed by atoms with Crippen LogP contribution in [0, 0.1) is 0 Å². The molecule has 6 heteroatoms. The van der Waals surface area contributed by atoms with Crippen LogP contribution in [0.15, 0.2) is 6.07 Å². The Morgan fingerprint density at radius 2 is 1.92 bits per heavy atom. The minimum Gasteiger partial charge on any atom is -0.493 e. The summed E-state index contributed by atoms with van der Waals surface area (Å²) >= 11 is 0. The summed E-state index contributed by atoms with van der Waals surface area (Å²) in [5, 5.41) is 0. The monoisotopic (exact) mass is 365 g/mol. The molecule has 0 radical (unpaired) electrons. The molecule has 25 heavy (non-hydrogen) atoms. The van der Waals surface area contributed by atoms with E-state index in [0.717, 1.165) is 63.2 Å². The van der Waals surface area contributed by atoms with Gasteiger partial charge in [-0.1, -0.05) is 13.3 Å². The molecule has 0 saturated carbocycles. The fraction of sp³-hybridized carbons (Fsp3) is 0.684. The Labute approximate surface area is 150 Å². The van der Waals surface area contributed by atoms with Crippen LogP contribution >= 0.6 is 0 Å². The fourth-order valence-electron chi connectivity index (χ4n) is 4.33. The number of benzene rings is 1. The van der Waals surface area contributed by atoms with Crippen molar-refractivity contribution in [2.45, 2.75) is 51.4 Å². The number of rotatable bonds is 5. The van der Waals surface area contributed by atoms with Crippen LogP contribution in [0.4, 0.5) is 0 Å². The molecule has 0 atom stereocenters. The highest BCUT2D eigenvalue weighted by Crippen LogP contribution is 2.46. The molecule has 0 amide bonds. The van der Waals surface area contributed by atoms with Crippen LogP contribution in [0.3, 0.4) is 0 Å². The summed E-state index contributed by atoms with van der Waals surface area (Å²) in [7, 11) is -3.10. The summed E-state index contributed by atoms with van der Waals surface area (Å²) < 4.78 is 38.4. The summed E-state index contributed by atoms with van der Waals surface area (Å²) in [6.45, 7) is 4.76. The van der Waals surface area contributed by atoms with Crippen LogP contribution in [0.25, 0.3) is 0 Å². The molecule has 1 aromatic rings. The van der Waals surface area contributed by atoms with E-state index in [1.807, 2.05) is 6.92 Å². The van der Waals surface area contributed by atoms with Crippen molar-refractivity contribution < 1.29 is 17.9 Å². The van der Waals surface area contributed by atoms with Crippen LogP contribution in [-0.4, -0.2) is 44.8 Å². The van der Waals surface area contributed by atoms with E-state index in [4.69, 9.17) is 9.47 Å². The van der Waals surface area contributed by atoms with E-state index in [1.165, 1.54) is 16.7 Å². The minimum absolute atomic E-state index is 0.279. The second-order valence-electron chi connectivity index (χ2n) is 7.29. The van der Waals surface area contributed by atoms with Gasteiger partial charge in [-0.3, -0.25) is 0 Å². The quantitative estimate of drug-likeness (QED) is 0.805. The molecule has 1 aromatic carbocycles. The van der Waals surface area contributed by atoms with Crippen LogP contribution < -0.4 is 9.47 Å². The molecule has 0 unspecified atom stereocenters. The molecule has 3 aliphatic heterocycles. The number of hydrogen-bond acceptors (Lipinski definition) is 4. The lowest BCUT2D eigenvalue weighted by atomic mass is 9.84. The lowest BCUT2D eigenvalue weighted by Gasteiger charge is -2.32. The Kier molecular flexibility index (Phi) is 4.67. The second kappa shape index (κ2) is 6.80. The van der Waals surface area contributed by atoms with Crippen molar-refractivity contribution in [3.05, 3.63) is 22.8 Å². The third-order valence-electron chi connectivity index (χ3n) is 5.70. The van der Waals surface area contributed by atoms with Crippen molar-refractivity contribution >= 4 is 10.0 Å². The van der Waals surface area contributed by atoms with E-state index in [2.05, 4.69) is 6.07 Å². The van der Waals surface area contributed by atoms with Crippen LogP contribution in [0.5, 0.6) is 11.5 Å². The molecule has 0 aliphatic carbocycles. The maximum absolute atomic E-state index is 12.4. The second-order valence-corrected chi connectivity index (χ2v) is 9.38. The molecule has 0 N–H and O–H groups in total. The summed E-state index contributed by atoms with van der Waals surface area (Å²) in [4.78, 5) is 0. The number of ether oxygens (including phenoxy) is 2. The van der Waals surface area contributed by atoms with Gasteiger partial charge in [0.2, 0.25) is 10.0 Å². The fourth-order valence-corrected chi connectivity index (χ4v) is 6.01. The molecule has 1 fully saturated rings. The molecule has 0 bridgehead atoms. The van der Waals surface area contributed by atoms with Gasteiger partial charge in [-0.05, 0) is 31.2 Å². The van der Waals surface area contributed by atoms with E-state index in [0.29, 0.717) is 19.0 Å². The van der Waals surface area contributed by atoms with Crippen molar-refractivity contribution in [3.63, 3.8) is 0 Å². The number of nitrogens with zero attached hydrogens (tertiary/aromatic N) is 1. The Morgan fingerprint density at radius 1 is 1.16 bits per heavy atom. The summed E-state index contributed by atoms with van der Waals surface area (Å²) in [5.74, 6) is 2.75. The maximum atomic E-state index is 12.4. The standard InChI is InChI=1S/C19H27NO4S/c1-2-3-12-25(21,22)20-8-4-14(5-9-20)18-16-7-11-23-17(16)13-15-6-10-24-19(15)18/h13-14H,2-12H2,1H3. The number of piperidine rings is 1. The SMILES string of the molecule is CCCCS(=O)(=O)N1CCC(c2c3c(cc4c2OCC4)OCC3)CC1. The zero-order valence-corrected chi connectivity index (χ0v) is 15.7. The Morgan fingerprint density at radius 3 is 2.68 bits per heavy atom. The van der Waals surface area contributed by atoms with Crippen molar-refractivity contribution in [2.75, 3.05) is 32.1 Å². The highest BCUT2D eigenvalue weighted by Gasteiger charge is 2.34. The number of hydrogen-bond donors (Lipinski definition) is 0. The molecule has 1 saturated heterocycles. The largest absolute Gasteiger partial charge is 0.493 e. The van der Waals surface area contributed by atoms with Gasteiger partial charge in [0.05, 0.1) is 19.0 Å². The van der Waals surface area contributed by atoms with E-state index in [-0.39, 0.29) is 5.75 Å². The van der Waals surface area contributed by atoms with Crippen LogP contribution in [-0.2, 0) is 22.9 Å². The molecular weight excluding hydrogens is 338 g/mol. The van der Waals surface area contributed by atoms with Gasteiger partial charge in [0.25, 0.3) is 0 Å². The molecule has 0 spiro atoms.